The van der Waals surface area contributed by atoms with Crippen LogP contribution in [0.1, 0.15) is 6.92 Å². The van der Waals surface area contributed by atoms with Crippen LogP contribution < -0.4 is 0 Å². The molecule has 0 aromatic carbocycles. The Balaban J connectivity index is 3.91. The van der Waals surface area contributed by atoms with Gasteiger partial charge in [-0.05, 0) is 6.92 Å². The molecule has 0 saturated carbocycles. The van der Waals surface area contributed by atoms with Crippen LogP contribution in [-0.4, -0.2) is 28.5 Å². The van der Waals surface area contributed by atoms with Crippen molar-refractivity contribution < 1.29 is 19.4 Å². The molecule has 3 nitrogen and oxygen atoms in total. The van der Waals surface area contributed by atoms with Crippen LogP contribution in [0.4, 0.5) is 4.39 Å². The summed E-state index contributed by atoms with van der Waals surface area (Å²) in [6.45, 7) is -0.363. The van der Waals surface area contributed by atoms with Crippen molar-refractivity contribution in [3.63, 3.8) is 0 Å². The quantitative estimate of drug-likeness (QED) is 0.532. The molecule has 0 saturated heterocycles. The van der Waals surface area contributed by atoms with Crippen LogP contribution in [0.15, 0.2) is 0 Å². The number of carbonyl (C=O) groups is 1. The lowest BCUT2D eigenvalue weighted by Crippen LogP contribution is -2.36. The zero-order chi connectivity index (χ0) is 6.78. The number of carboxylic acids is 1. The number of carboxylic acid groups (broad SMARTS) is 1. The van der Waals surface area contributed by atoms with Gasteiger partial charge in [-0.25, -0.2) is 9.18 Å². The monoisotopic (exact) mass is 122 g/mol. The van der Waals surface area contributed by atoms with Gasteiger partial charge in [0.1, 0.15) is 6.67 Å². The second-order valence-electron chi connectivity index (χ2n) is 1.71. The van der Waals surface area contributed by atoms with Gasteiger partial charge in [-0.15, -0.1) is 0 Å². The summed E-state index contributed by atoms with van der Waals surface area (Å²) in [6, 6.07) is 0. The lowest BCUT2D eigenvalue weighted by molar-refractivity contribution is -0.157. The first-order chi connectivity index (χ1) is 3.50. The Kier molecular flexibility index (Phi) is 1.92. The molecule has 2 N–H and O–H groups in total. The maximum Gasteiger partial charge on any atom is 0.338 e. The number of aliphatic hydroxyl groups is 1. The predicted octanol–water partition coefficient (Wildman–Crippen LogP) is -0.208. The maximum absolute atomic E-state index is 11.4. The van der Waals surface area contributed by atoms with Gasteiger partial charge in [-0.1, -0.05) is 0 Å². The lowest BCUT2D eigenvalue weighted by atomic mass is 10.1. The molecule has 0 bridgehead atoms. The van der Waals surface area contributed by atoms with E-state index in [4.69, 9.17) is 10.2 Å². The molecule has 0 aliphatic rings. The van der Waals surface area contributed by atoms with Gasteiger partial charge in [-0.3, -0.25) is 0 Å². The average Bonchev–Trinajstić information content (AvgIpc) is 1.67. The van der Waals surface area contributed by atoms with Crippen molar-refractivity contribution in [2.75, 3.05) is 6.67 Å². The molecular weight excluding hydrogens is 115 g/mol. The standard InChI is InChI=1S/C4H7FO3/c1-4(8,2-5)3(6)7/h8H,2H2,1H3,(H,6,7). The molecular formula is C4H7FO3. The molecule has 0 aliphatic carbocycles. The highest BCUT2D eigenvalue weighted by Crippen LogP contribution is 2.01. The Labute approximate surface area is 45.7 Å². The molecule has 0 fully saturated rings. The third-order valence-corrected chi connectivity index (χ3v) is 0.721. The maximum atomic E-state index is 11.4. The summed E-state index contributed by atoms with van der Waals surface area (Å²) in [5, 5.41) is 16.4. The van der Waals surface area contributed by atoms with E-state index in [1.54, 1.807) is 0 Å². The van der Waals surface area contributed by atoms with Crippen molar-refractivity contribution in [3.8, 4) is 0 Å². The summed E-state index contributed by atoms with van der Waals surface area (Å²) in [5.74, 6) is -1.54. The topological polar surface area (TPSA) is 57.5 Å². The van der Waals surface area contributed by atoms with E-state index in [9.17, 15) is 9.18 Å². The smallest absolute Gasteiger partial charge is 0.338 e. The minimum atomic E-state index is -2.21. The van der Waals surface area contributed by atoms with Crippen molar-refractivity contribution in [2.45, 2.75) is 12.5 Å². The summed E-state index contributed by atoms with van der Waals surface area (Å²) >= 11 is 0. The average molecular weight is 122 g/mol. The van der Waals surface area contributed by atoms with Crippen LogP contribution in [0, 0.1) is 0 Å². The van der Waals surface area contributed by atoms with E-state index in [1.165, 1.54) is 0 Å². The van der Waals surface area contributed by atoms with Crippen molar-refractivity contribution in [2.24, 2.45) is 0 Å². The highest BCUT2D eigenvalue weighted by molar-refractivity contribution is 5.76. The van der Waals surface area contributed by atoms with Gasteiger partial charge < -0.3 is 10.2 Å². The molecule has 0 heterocycles. The first-order valence-corrected chi connectivity index (χ1v) is 2.02. The van der Waals surface area contributed by atoms with E-state index in [0.717, 1.165) is 6.92 Å². The van der Waals surface area contributed by atoms with Crippen LogP contribution in [0.25, 0.3) is 0 Å². The summed E-state index contributed by atoms with van der Waals surface area (Å²) in [5.41, 5.74) is -2.21. The minimum Gasteiger partial charge on any atom is -0.479 e. The molecule has 1 unspecified atom stereocenters. The van der Waals surface area contributed by atoms with Gasteiger partial charge in [0.25, 0.3) is 0 Å². The molecule has 0 radical (unpaired) electrons. The number of halogens is 1. The van der Waals surface area contributed by atoms with Crippen LogP contribution in [0.5, 0.6) is 0 Å². The summed E-state index contributed by atoms with van der Waals surface area (Å²) in [4.78, 5) is 9.76. The molecule has 48 valence electrons. The van der Waals surface area contributed by atoms with Gasteiger partial charge in [0.05, 0.1) is 0 Å². The fraction of sp³-hybridized carbons (Fsp3) is 0.750. The Morgan fingerprint density at radius 3 is 2.25 bits per heavy atom. The number of rotatable bonds is 2. The fourth-order valence-corrected chi connectivity index (χ4v) is 0.0572. The zero-order valence-corrected chi connectivity index (χ0v) is 4.39. The zero-order valence-electron chi connectivity index (χ0n) is 4.39. The Bertz CT molecular complexity index is 99.5. The van der Waals surface area contributed by atoms with Crippen LogP contribution in [0.2, 0.25) is 0 Å². The van der Waals surface area contributed by atoms with Gasteiger partial charge in [0.2, 0.25) is 0 Å². The number of aliphatic carboxylic acids is 1. The van der Waals surface area contributed by atoms with E-state index in [0.29, 0.717) is 0 Å². The lowest BCUT2D eigenvalue weighted by Gasteiger charge is -2.10. The van der Waals surface area contributed by atoms with E-state index < -0.39 is 18.2 Å². The molecule has 0 rings (SSSR count). The largest absolute Gasteiger partial charge is 0.479 e. The van der Waals surface area contributed by atoms with Gasteiger partial charge >= 0.3 is 5.97 Å². The third-order valence-electron chi connectivity index (χ3n) is 0.721. The number of alkyl halides is 1. The minimum absolute atomic E-state index is 0.898. The Morgan fingerprint density at radius 1 is 1.88 bits per heavy atom. The number of hydrogen-bond donors (Lipinski definition) is 2. The predicted molar refractivity (Wildman–Crippen MR) is 24.2 cm³/mol. The van der Waals surface area contributed by atoms with Gasteiger partial charge in [0, 0.05) is 0 Å². The SMILES string of the molecule is CC(O)(CF)C(=O)O. The van der Waals surface area contributed by atoms with Crippen molar-refractivity contribution in [1.29, 1.82) is 0 Å². The van der Waals surface area contributed by atoms with E-state index in [2.05, 4.69) is 0 Å². The van der Waals surface area contributed by atoms with Crippen LogP contribution >= 0.6 is 0 Å². The summed E-state index contributed by atoms with van der Waals surface area (Å²) in [7, 11) is 0. The molecule has 0 spiro atoms. The van der Waals surface area contributed by atoms with E-state index in [-0.39, 0.29) is 0 Å². The molecule has 4 heteroatoms. The normalized spacial score (nSPS) is 17.4. The second-order valence-corrected chi connectivity index (χ2v) is 1.71. The second kappa shape index (κ2) is 2.09. The van der Waals surface area contributed by atoms with Gasteiger partial charge in [-0.2, -0.15) is 0 Å². The molecule has 8 heavy (non-hydrogen) atoms. The van der Waals surface area contributed by atoms with Crippen molar-refractivity contribution in [3.05, 3.63) is 0 Å². The van der Waals surface area contributed by atoms with Crippen LogP contribution in [-0.2, 0) is 4.79 Å². The first kappa shape index (κ1) is 7.36. The molecule has 0 aromatic heterocycles. The van der Waals surface area contributed by atoms with E-state index >= 15 is 0 Å². The summed E-state index contributed by atoms with van der Waals surface area (Å²) in [6.07, 6.45) is 0. The molecule has 0 aromatic rings. The number of hydrogen-bond acceptors (Lipinski definition) is 2. The summed E-state index contributed by atoms with van der Waals surface area (Å²) < 4.78 is 11.4. The van der Waals surface area contributed by atoms with Crippen molar-refractivity contribution in [1.82, 2.24) is 0 Å². The highest BCUT2D eigenvalue weighted by Gasteiger charge is 2.29. The van der Waals surface area contributed by atoms with Crippen LogP contribution in [0.3, 0.4) is 0 Å². The fourth-order valence-electron chi connectivity index (χ4n) is 0.0572. The van der Waals surface area contributed by atoms with Crippen molar-refractivity contribution >= 4 is 5.97 Å². The molecule has 0 amide bonds. The first-order valence-electron chi connectivity index (χ1n) is 2.02. The Hall–Kier alpha value is -0.640. The Morgan fingerprint density at radius 2 is 2.25 bits per heavy atom. The molecule has 0 aliphatic heterocycles. The third kappa shape index (κ3) is 1.46. The molecule has 1 atom stereocenters. The van der Waals surface area contributed by atoms with Gasteiger partial charge in [0.15, 0.2) is 5.60 Å². The highest BCUT2D eigenvalue weighted by atomic mass is 19.1. The van der Waals surface area contributed by atoms with E-state index in [1.807, 2.05) is 0 Å².